The number of anilines is 1. The van der Waals surface area contributed by atoms with E-state index in [1.807, 2.05) is 6.07 Å². The van der Waals surface area contributed by atoms with Crippen LogP contribution in [0.15, 0.2) is 18.2 Å². The van der Waals surface area contributed by atoms with Crippen molar-refractivity contribution in [3.05, 3.63) is 29.3 Å². The van der Waals surface area contributed by atoms with Crippen molar-refractivity contribution < 1.29 is 0 Å². The van der Waals surface area contributed by atoms with Crippen LogP contribution in [0.1, 0.15) is 37.3 Å². The molecule has 1 atom stereocenters. The van der Waals surface area contributed by atoms with Crippen LogP contribution >= 0.6 is 12.2 Å². The van der Waals surface area contributed by atoms with E-state index in [1.54, 1.807) is 0 Å². The van der Waals surface area contributed by atoms with Crippen LogP contribution in [0.4, 0.5) is 5.69 Å². The lowest BCUT2D eigenvalue weighted by Gasteiger charge is -2.35. The third-order valence-electron chi connectivity index (χ3n) is 3.61. The first kappa shape index (κ1) is 12.4. The molecular weight excluding hydrogens is 228 g/mol. The molecule has 0 spiro atoms. The van der Waals surface area contributed by atoms with Crippen LogP contribution in [-0.2, 0) is 0 Å². The fourth-order valence-electron chi connectivity index (χ4n) is 2.58. The Balaban J connectivity index is 2.27. The zero-order valence-electron chi connectivity index (χ0n) is 10.6. The van der Waals surface area contributed by atoms with Crippen molar-refractivity contribution in [1.82, 2.24) is 0 Å². The minimum atomic E-state index is 0.487. The first-order valence-corrected chi connectivity index (χ1v) is 6.67. The number of thiocarbonyl (C=S) groups is 1. The molecule has 0 radical (unpaired) electrons. The highest BCUT2D eigenvalue weighted by atomic mass is 32.1. The van der Waals surface area contributed by atoms with Crippen LogP contribution in [0.2, 0.25) is 0 Å². The van der Waals surface area contributed by atoms with E-state index in [9.17, 15) is 0 Å². The van der Waals surface area contributed by atoms with Crippen LogP contribution in [0, 0.1) is 6.92 Å². The van der Waals surface area contributed by atoms with Gasteiger partial charge >= 0.3 is 0 Å². The average Bonchev–Trinajstić information content (AvgIpc) is 2.29. The minimum Gasteiger partial charge on any atom is -0.389 e. The van der Waals surface area contributed by atoms with Gasteiger partial charge in [0.05, 0.1) is 0 Å². The third kappa shape index (κ3) is 2.60. The molecule has 1 aromatic carbocycles. The number of hydrogen-bond donors (Lipinski definition) is 1. The smallest absolute Gasteiger partial charge is 0.104 e. The lowest BCUT2D eigenvalue weighted by molar-refractivity contribution is 0.485. The molecule has 1 aliphatic heterocycles. The van der Waals surface area contributed by atoms with Crippen molar-refractivity contribution in [2.45, 2.75) is 39.2 Å². The maximum absolute atomic E-state index is 5.69. The van der Waals surface area contributed by atoms with E-state index in [-0.39, 0.29) is 0 Å². The van der Waals surface area contributed by atoms with Crippen LogP contribution < -0.4 is 10.6 Å². The Morgan fingerprint density at radius 2 is 2.18 bits per heavy atom. The number of aryl methyl sites for hydroxylation is 1. The highest BCUT2D eigenvalue weighted by Crippen LogP contribution is 2.26. The molecule has 0 amide bonds. The molecular formula is C14H20N2S. The molecule has 1 aromatic rings. The Hall–Kier alpha value is -1.09. The second kappa shape index (κ2) is 5.05. The first-order valence-electron chi connectivity index (χ1n) is 6.26. The van der Waals surface area contributed by atoms with Gasteiger partial charge in [0, 0.05) is 23.8 Å². The summed E-state index contributed by atoms with van der Waals surface area (Å²) >= 11 is 5.04. The predicted molar refractivity (Wildman–Crippen MR) is 77.7 cm³/mol. The van der Waals surface area contributed by atoms with Gasteiger partial charge in [0.15, 0.2) is 0 Å². The van der Waals surface area contributed by atoms with Gasteiger partial charge < -0.3 is 10.6 Å². The SMILES string of the molecule is Cc1cc(N2CCCCC2C)ccc1C(N)=S. The lowest BCUT2D eigenvalue weighted by atomic mass is 10.0. The normalized spacial score (nSPS) is 20.4. The van der Waals surface area contributed by atoms with E-state index in [0.29, 0.717) is 11.0 Å². The molecule has 1 heterocycles. The monoisotopic (exact) mass is 248 g/mol. The van der Waals surface area contributed by atoms with Gasteiger partial charge in [0.2, 0.25) is 0 Å². The number of nitrogens with zero attached hydrogens (tertiary/aromatic N) is 1. The number of benzene rings is 1. The largest absolute Gasteiger partial charge is 0.389 e. The zero-order chi connectivity index (χ0) is 12.4. The van der Waals surface area contributed by atoms with Crippen molar-refractivity contribution >= 4 is 22.9 Å². The Labute approximate surface area is 109 Å². The van der Waals surface area contributed by atoms with E-state index in [2.05, 4.69) is 30.9 Å². The van der Waals surface area contributed by atoms with E-state index in [0.717, 1.165) is 12.1 Å². The number of hydrogen-bond acceptors (Lipinski definition) is 2. The summed E-state index contributed by atoms with van der Waals surface area (Å²) in [6, 6.07) is 7.03. The van der Waals surface area contributed by atoms with E-state index >= 15 is 0 Å². The molecule has 2 nitrogen and oxygen atoms in total. The Morgan fingerprint density at radius 1 is 1.41 bits per heavy atom. The summed E-state index contributed by atoms with van der Waals surface area (Å²) < 4.78 is 0. The van der Waals surface area contributed by atoms with Crippen molar-refractivity contribution in [3.8, 4) is 0 Å². The molecule has 1 aliphatic rings. The summed E-state index contributed by atoms with van der Waals surface area (Å²) in [5.41, 5.74) is 9.16. The van der Waals surface area contributed by atoms with Crippen LogP contribution in [-0.4, -0.2) is 17.6 Å². The summed E-state index contributed by atoms with van der Waals surface area (Å²) in [6.45, 7) is 5.54. The molecule has 0 aliphatic carbocycles. The van der Waals surface area contributed by atoms with Crippen molar-refractivity contribution in [2.24, 2.45) is 5.73 Å². The molecule has 17 heavy (non-hydrogen) atoms. The molecule has 92 valence electrons. The number of rotatable bonds is 2. The molecule has 2 rings (SSSR count). The van der Waals surface area contributed by atoms with E-state index in [4.69, 9.17) is 18.0 Å². The quantitative estimate of drug-likeness (QED) is 0.816. The van der Waals surface area contributed by atoms with Gasteiger partial charge in [0.1, 0.15) is 4.99 Å². The maximum Gasteiger partial charge on any atom is 0.104 e. The van der Waals surface area contributed by atoms with Gasteiger partial charge in [-0.25, -0.2) is 0 Å². The number of nitrogens with two attached hydrogens (primary N) is 1. The van der Waals surface area contributed by atoms with Crippen LogP contribution in [0.5, 0.6) is 0 Å². The summed E-state index contributed by atoms with van der Waals surface area (Å²) in [7, 11) is 0. The Bertz CT molecular complexity index is 428. The second-order valence-corrected chi connectivity index (χ2v) is 5.34. The summed E-state index contributed by atoms with van der Waals surface area (Å²) in [4.78, 5) is 2.97. The van der Waals surface area contributed by atoms with Gasteiger partial charge in [-0.2, -0.15) is 0 Å². The molecule has 1 saturated heterocycles. The fraction of sp³-hybridized carbons (Fsp3) is 0.500. The number of piperidine rings is 1. The standard InChI is InChI=1S/C14H20N2S/c1-10-9-12(6-7-13(10)14(15)17)16-8-4-3-5-11(16)2/h6-7,9,11H,3-5,8H2,1-2H3,(H2,15,17). The van der Waals surface area contributed by atoms with Gasteiger partial charge in [0.25, 0.3) is 0 Å². The summed E-state index contributed by atoms with van der Waals surface area (Å²) in [5, 5.41) is 0. The zero-order valence-corrected chi connectivity index (χ0v) is 11.4. The molecule has 0 saturated carbocycles. The van der Waals surface area contributed by atoms with Crippen molar-refractivity contribution in [1.29, 1.82) is 0 Å². The topological polar surface area (TPSA) is 29.3 Å². The fourth-order valence-corrected chi connectivity index (χ4v) is 2.81. The predicted octanol–water partition coefficient (Wildman–Crippen LogP) is 3.01. The molecule has 2 N–H and O–H groups in total. The molecule has 3 heteroatoms. The van der Waals surface area contributed by atoms with E-state index in [1.165, 1.54) is 30.5 Å². The molecule has 1 unspecified atom stereocenters. The van der Waals surface area contributed by atoms with Crippen molar-refractivity contribution in [2.75, 3.05) is 11.4 Å². The van der Waals surface area contributed by atoms with Gasteiger partial charge in [-0.05, 0) is 56.9 Å². The highest BCUT2D eigenvalue weighted by Gasteiger charge is 2.18. The first-order chi connectivity index (χ1) is 8.09. The van der Waals surface area contributed by atoms with Gasteiger partial charge in [-0.3, -0.25) is 0 Å². The second-order valence-electron chi connectivity index (χ2n) is 4.90. The van der Waals surface area contributed by atoms with Gasteiger partial charge in [-0.15, -0.1) is 0 Å². The van der Waals surface area contributed by atoms with Gasteiger partial charge in [-0.1, -0.05) is 12.2 Å². The van der Waals surface area contributed by atoms with Crippen molar-refractivity contribution in [3.63, 3.8) is 0 Å². The third-order valence-corrected chi connectivity index (χ3v) is 3.83. The average molecular weight is 248 g/mol. The molecule has 0 aromatic heterocycles. The van der Waals surface area contributed by atoms with Crippen LogP contribution in [0.25, 0.3) is 0 Å². The Morgan fingerprint density at radius 3 is 2.76 bits per heavy atom. The summed E-state index contributed by atoms with van der Waals surface area (Å²) in [6.07, 6.45) is 3.93. The highest BCUT2D eigenvalue weighted by molar-refractivity contribution is 7.80. The minimum absolute atomic E-state index is 0.487. The maximum atomic E-state index is 5.69. The Kier molecular flexibility index (Phi) is 3.67. The van der Waals surface area contributed by atoms with E-state index < -0.39 is 0 Å². The lowest BCUT2D eigenvalue weighted by Crippen LogP contribution is -2.37. The molecule has 1 fully saturated rings. The van der Waals surface area contributed by atoms with Crippen LogP contribution in [0.3, 0.4) is 0 Å². The summed E-state index contributed by atoms with van der Waals surface area (Å²) in [5.74, 6) is 0. The molecule has 0 bridgehead atoms.